The van der Waals surface area contributed by atoms with Crippen LogP contribution in [-0.4, -0.2) is 20.5 Å². The molecule has 1 aromatic carbocycles. The Balaban J connectivity index is 2.24. The monoisotopic (exact) mass is 299 g/mol. The van der Waals surface area contributed by atoms with Crippen molar-refractivity contribution in [3.8, 4) is 5.75 Å². The third-order valence-electron chi connectivity index (χ3n) is 2.40. The predicted molar refractivity (Wildman–Crippen MR) is 73.5 cm³/mol. The zero-order valence-corrected chi connectivity index (χ0v) is 11.8. The first-order valence-electron chi connectivity index (χ1n) is 5.33. The molecular weight excluding hydrogens is 286 g/mol. The van der Waals surface area contributed by atoms with Crippen molar-refractivity contribution in [2.45, 2.75) is 11.4 Å². The molecule has 0 saturated heterocycles. The second-order valence-corrected chi connectivity index (χ2v) is 6.41. The molecule has 0 atom stereocenters. The van der Waals surface area contributed by atoms with Gasteiger partial charge in [0.25, 0.3) is 0 Å². The van der Waals surface area contributed by atoms with Crippen molar-refractivity contribution in [1.82, 2.24) is 9.71 Å². The van der Waals surface area contributed by atoms with Gasteiger partial charge in [0.2, 0.25) is 10.0 Å². The molecule has 102 valence electrons. The summed E-state index contributed by atoms with van der Waals surface area (Å²) >= 11 is 1.38. The number of benzene rings is 1. The van der Waals surface area contributed by atoms with E-state index < -0.39 is 10.0 Å². The summed E-state index contributed by atoms with van der Waals surface area (Å²) in [5.74, 6) is 0.219. The van der Waals surface area contributed by atoms with Gasteiger partial charge < -0.3 is 10.5 Å². The number of thiazole rings is 1. The zero-order valence-electron chi connectivity index (χ0n) is 10.2. The minimum absolute atomic E-state index is 0.0636. The molecule has 19 heavy (non-hydrogen) atoms. The Hall–Kier alpha value is -1.64. The summed E-state index contributed by atoms with van der Waals surface area (Å²) in [5.41, 5.74) is 7.68. The quantitative estimate of drug-likeness (QED) is 0.809. The third kappa shape index (κ3) is 3.22. The summed E-state index contributed by atoms with van der Waals surface area (Å²) in [7, 11) is -2.25. The highest BCUT2D eigenvalue weighted by atomic mass is 32.2. The lowest BCUT2D eigenvalue weighted by atomic mass is 10.3. The summed E-state index contributed by atoms with van der Waals surface area (Å²) < 4.78 is 31.9. The second kappa shape index (κ2) is 5.55. The molecule has 0 aliphatic carbocycles. The van der Waals surface area contributed by atoms with Gasteiger partial charge in [-0.05, 0) is 12.1 Å². The number of sulfonamides is 1. The van der Waals surface area contributed by atoms with Crippen LogP contribution in [0.25, 0.3) is 0 Å². The molecule has 2 aromatic rings. The lowest BCUT2D eigenvalue weighted by molar-refractivity contribution is 0.402. The van der Waals surface area contributed by atoms with Gasteiger partial charge in [-0.2, -0.15) is 0 Å². The smallest absolute Gasteiger partial charge is 0.244 e. The maximum Gasteiger partial charge on any atom is 0.244 e. The van der Waals surface area contributed by atoms with Crippen LogP contribution < -0.4 is 15.2 Å². The lowest BCUT2D eigenvalue weighted by Gasteiger charge is -2.10. The molecular formula is C11H13N3O3S2. The molecule has 3 N–H and O–H groups in total. The molecule has 6 nitrogen and oxygen atoms in total. The number of ether oxygens (including phenoxy) is 1. The van der Waals surface area contributed by atoms with Crippen molar-refractivity contribution in [2.75, 3.05) is 12.8 Å². The predicted octanol–water partition coefficient (Wildman–Crippen LogP) is 1.21. The number of nitrogen functional groups attached to an aromatic ring is 1. The third-order valence-corrected chi connectivity index (χ3v) is 4.62. The fourth-order valence-electron chi connectivity index (χ4n) is 1.48. The molecule has 0 amide bonds. The molecule has 0 unspecified atom stereocenters. The minimum atomic E-state index is -3.65. The molecule has 2 rings (SSSR count). The maximum atomic E-state index is 12.2. The largest absolute Gasteiger partial charge is 0.495 e. The second-order valence-electron chi connectivity index (χ2n) is 3.70. The normalized spacial score (nSPS) is 11.4. The zero-order chi connectivity index (χ0) is 13.9. The van der Waals surface area contributed by atoms with E-state index in [9.17, 15) is 8.42 Å². The van der Waals surface area contributed by atoms with Gasteiger partial charge >= 0.3 is 0 Å². The molecule has 0 saturated carbocycles. The highest BCUT2D eigenvalue weighted by molar-refractivity contribution is 7.89. The van der Waals surface area contributed by atoms with Crippen LogP contribution in [0.15, 0.2) is 34.8 Å². The van der Waals surface area contributed by atoms with Crippen LogP contribution in [0.2, 0.25) is 0 Å². The Labute approximate surface area is 115 Å². The standard InChI is InChI=1S/C11H13N3O3S2/c1-17-10-4-8(12)2-3-11(10)19(15,16)14-6-9-5-13-7-18-9/h2-5,7,14H,6,12H2,1H3. The van der Waals surface area contributed by atoms with Crippen LogP contribution >= 0.6 is 11.3 Å². The summed E-state index contributed by atoms with van der Waals surface area (Å²) in [6, 6.07) is 4.41. The molecule has 0 fully saturated rings. The van der Waals surface area contributed by atoms with Crippen LogP contribution in [0.1, 0.15) is 4.88 Å². The van der Waals surface area contributed by atoms with Crippen molar-refractivity contribution in [2.24, 2.45) is 0 Å². The summed E-state index contributed by atoms with van der Waals surface area (Å²) in [6.07, 6.45) is 1.62. The number of anilines is 1. The van der Waals surface area contributed by atoms with E-state index in [-0.39, 0.29) is 17.2 Å². The number of methoxy groups -OCH3 is 1. The number of rotatable bonds is 5. The number of hydrogen-bond acceptors (Lipinski definition) is 6. The number of aromatic nitrogens is 1. The molecule has 8 heteroatoms. The molecule has 0 radical (unpaired) electrons. The average molecular weight is 299 g/mol. The van der Waals surface area contributed by atoms with Gasteiger partial charge in [0.05, 0.1) is 12.6 Å². The first-order valence-corrected chi connectivity index (χ1v) is 7.70. The first kappa shape index (κ1) is 13.8. The fourth-order valence-corrected chi connectivity index (χ4v) is 3.26. The number of hydrogen-bond donors (Lipinski definition) is 2. The SMILES string of the molecule is COc1cc(N)ccc1S(=O)(=O)NCc1cncs1. The van der Waals surface area contributed by atoms with E-state index in [1.54, 1.807) is 11.7 Å². The fraction of sp³-hybridized carbons (Fsp3) is 0.182. The Bertz CT molecular complexity index is 654. The number of nitrogens with two attached hydrogens (primary N) is 1. The summed E-state index contributed by atoms with van der Waals surface area (Å²) in [6.45, 7) is 0.195. The van der Waals surface area contributed by atoms with Crippen molar-refractivity contribution in [3.63, 3.8) is 0 Å². The van der Waals surface area contributed by atoms with Crippen molar-refractivity contribution in [1.29, 1.82) is 0 Å². The lowest BCUT2D eigenvalue weighted by Crippen LogP contribution is -2.23. The Morgan fingerprint density at radius 2 is 2.26 bits per heavy atom. The van der Waals surface area contributed by atoms with Gasteiger partial charge in [-0.1, -0.05) is 0 Å². The van der Waals surface area contributed by atoms with Crippen molar-refractivity contribution < 1.29 is 13.2 Å². The van der Waals surface area contributed by atoms with Gasteiger partial charge in [0.1, 0.15) is 10.6 Å². The minimum Gasteiger partial charge on any atom is -0.495 e. The van der Waals surface area contributed by atoms with E-state index in [1.807, 2.05) is 0 Å². The van der Waals surface area contributed by atoms with E-state index in [1.165, 1.54) is 36.6 Å². The van der Waals surface area contributed by atoms with Gasteiger partial charge in [-0.25, -0.2) is 13.1 Å². The van der Waals surface area contributed by atoms with Crippen molar-refractivity contribution in [3.05, 3.63) is 34.8 Å². The molecule has 0 spiro atoms. The van der Waals surface area contributed by atoms with Crippen LogP contribution in [0.3, 0.4) is 0 Å². The Morgan fingerprint density at radius 1 is 1.47 bits per heavy atom. The highest BCUT2D eigenvalue weighted by Crippen LogP contribution is 2.26. The van der Waals surface area contributed by atoms with E-state index >= 15 is 0 Å². The highest BCUT2D eigenvalue weighted by Gasteiger charge is 2.19. The number of nitrogens with zero attached hydrogens (tertiary/aromatic N) is 1. The Morgan fingerprint density at radius 3 is 2.89 bits per heavy atom. The van der Waals surface area contributed by atoms with Gasteiger partial charge in [0.15, 0.2) is 0 Å². The molecule has 0 aliphatic rings. The van der Waals surface area contributed by atoms with Crippen LogP contribution in [0.5, 0.6) is 5.75 Å². The van der Waals surface area contributed by atoms with E-state index in [2.05, 4.69) is 9.71 Å². The Kier molecular flexibility index (Phi) is 4.03. The van der Waals surface area contributed by atoms with Crippen LogP contribution in [0.4, 0.5) is 5.69 Å². The molecule has 0 bridgehead atoms. The van der Waals surface area contributed by atoms with E-state index in [0.717, 1.165) is 4.88 Å². The van der Waals surface area contributed by atoms with Crippen LogP contribution in [-0.2, 0) is 16.6 Å². The van der Waals surface area contributed by atoms with Crippen molar-refractivity contribution >= 4 is 27.0 Å². The number of nitrogens with one attached hydrogen (secondary N) is 1. The summed E-state index contributed by atoms with van der Waals surface area (Å²) in [5, 5.41) is 0. The average Bonchev–Trinajstić information content (AvgIpc) is 2.89. The van der Waals surface area contributed by atoms with E-state index in [0.29, 0.717) is 5.69 Å². The van der Waals surface area contributed by atoms with Gasteiger partial charge in [-0.15, -0.1) is 11.3 Å². The van der Waals surface area contributed by atoms with Gasteiger partial charge in [0, 0.05) is 29.4 Å². The maximum absolute atomic E-state index is 12.2. The van der Waals surface area contributed by atoms with Gasteiger partial charge in [-0.3, -0.25) is 4.98 Å². The molecule has 1 aromatic heterocycles. The first-order chi connectivity index (χ1) is 9.03. The summed E-state index contributed by atoms with van der Waals surface area (Å²) in [4.78, 5) is 4.78. The van der Waals surface area contributed by atoms with E-state index in [4.69, 9.17) is 10.5 Å². The molecule has 0 aliphatic heterocycles. The molecule has 1 heterocycles. The topological polar surface area (TPSA) is 94.3 Å². The van der Waals surface area contributed by atoms with Crippen LogP contribution in [0, 0.1) is 0 Å².